The van der Waals surface area contributed by atoms with E-state index in [4.69, 9.17) is 28.9 Å². The second-order valence-corrected chi connectivity index (χ2v) is 3.80. The van der Waals surface area contributed by atoms with E-state index < -0.39 is 0 Å². The summed E-state index contributed by atoms with van der Waals surface area (Å²) in [7, 11) is 0. The number of nitrogens with two attached hydrogens (primary N) is 1. The van der Waals surface area contributed by atoms with Gasteiger partial charge in [-0.1, -0.05) is 30.1 Å². The minimum absolute atomic E-state index is 0.117. The number of aromatic nitrogens is 1. The molecule has 1 atom stereocenters. The Hall–Kier alpha value is -0.310. The summed E-state index contributed by atoms with van der Waals surface area (Å²) in [4.78, 5) is 4.12. The molecule has 1 aromatic rings. The molecule has 72 valence electrons. The van der Waals surface area contributed by atoms with Crippen molar-refractivity contribution in [3.05, 3.63) is 28.0 Å². The summed E-state index contributed by atoms with van der Waals surface area (Å²) in [6.45, 7) is 2.04. The Morgan fingerprint density at radius 2 is 2.23 bits per heavy atom. The van der Waals surface area contributed by atoms with Crippen LogP contribution in [0.5, 0.6) is 0 Å². The van der Waals surface area contributed by atoms with Gasteiger partial charge in [-0.05, 0) is 12.5 Å². The molecular weight excluding hydrogens is 207 g/mol. The third kappa shape index (κ3) is 3.14. The van der Waals surface area contributed by atoms with Crippen LogP contribution < -0.4 is 5.73 Å². The fourth-order valence-corrected chi connectivity index (χ4v) is 1.44. The van der Waals surface area contributed by atoms with Gasteiger partial charge >= 0.3 is 0 Å². The van der Waals surface area contributed by atoms with Crippen LogP contribution in [-0.4, -0.2) is 11.0 Å². The fourth-order valence-electron chi connectivity index (χ4n) is 0.986. The first-order chi connectivity index (χ1) is 6.13. The number of hydrogen-bond acceptors (Lipinski definition) is 2. The molecule has 0 radical (unpaired) electrons. The van der Waals surface area contributed by atoms with E-state index in [0.717, 1.165) is 12.1 Å². The van der Waals surface area contributed by atoms with Crippen LogP contribution in [0.25, 0.3) is 0 Å². The fraction of sp³-hybridized carbons (Fsp3) is 0.444. The van der Waals surface area contributed by atoms with Crippen molar-refractivity contribution in [1.29, 1.82) is 0 Å². The summed E-state index contributed by atoms with van der Waals surface area (Å²) in [6.07, 6.45) is 3.21. The lowest BCUT2D eigenvalue weighted by atomic mass is 10.1. The molecule has 0 saturated carbocycles. The van der Waals surface area contributed by atoms with E-state index >= 15 is 0 Å². The number of rotatable bonds is 3. The van der Waals surface area contributed by atoms with Crippen molar-refractivity contribution < 1.29 is 0 Å². The van der Waals surface area contributed by atoms with Gasteiger partial charge in [-0.2, -0.15) is 0 Å². The highest BCUT2D eigenvalue weighted by molar-refractivity contribution is 6.34. The summed E-state index contributed by atoms with van der Waals surface area (Å²) >= 11 is 11.6. The first-order valence-corrected chi connectivity index (χ1v) is 4.94. The van der Waals surface area contributed by atoms with Crippen molar-refractivity contribution in [3.8, 4) is 0 Å². The van der Waals surface area contributed by atoms with Gasteiger partial charge in [-0.15, -0.1) is 0 Å². The molecule has 1 heterocycles. The molecule has 1 rings (SSSR count). The Morgan fingerprint density at radius 3 is 2.77 bits per heavy atom. The molecule has 1 unspecified atom stereocenters. The van der Waals surface area contributed by atoms with Crippen LogP contribution in [0.1, 0.15) is 19.0 Å². The number of halogens is 2. The van der Waals surface area contributed by atoms with E-state index in [1.807, 2.05) is 6.92 Å². The Balaban J connectivity index is 2.77. The third-order valence-electron chi connectivity index (χ3n) is 1.86. The van der Waals surface area contributed by atoms with Crippen LogP contribution in [0.2, 0.25) is 10.0 Å². The highest BCUT2D eigenvalue weighted by Crippen LogP contribution is 2.19. The first-order valence-electron chi connectivity index (χ1n) is 4.19. The lowest BCUT2D eigenvalue weighted by Gasteiger charge is -2.08. The first kappa shape index (κ1) is 10.8. The van der Waals surface area contributed by atoms with E-state index in [1.54, 1.807) is 12.3 Å². The molecule has 1 aromatic heterocycles. The van der Waals surface area contributed by atoms with Gasteiger partial charge < -0.3 is 5.73 Å². The summed E-state index contributed by atoms with van der Waals surface area (Å²) in [5.41, 5.74) is 6.60. The summed E-state index contributed by atoms with van der Waals surface area (Å²) in [5, 5.41) is 1.15. The van der Waals surface area contributed by atoms with Gasteiger partial charge in [0.15, 0.2) is 0 Å². The summed E-state index contributed by atoms with van der Waals surface area (Å²) < 4.78 is 0. The predicted molar refractivity (Wildman–Crippen MR) is 56.2 cm³/mol. The van der Waals surface area contributed by atoms with E-state index in [2.05, 4.69) is 4.98 Å². The Morgan fingerprint density at radius 1 is 1.54 bits per heavy atom. The predicted octanol–water partition coefficient (Wildman–Crippen LogP) is 2.67. The second kappa shape index (κ2) is 4.80. The molecule has 0 bridgehead atoms. The van der Waals surface area contributed by atoms with Crippen LogP contribution in [0.3, 0.4) is 0 Å². The minimum atomic E-state index is 0.117. The maximum atomic E-state index is 5.93. The second-order valence-electron chi connectivity index (χ2n) is 2.95. The Bertz CT molecular complexity index is 289. The third-order valence-corrected chi connectivity index (χ3v) is 2.40. The number of hydrogen-bond donors (Lipinski definition) is 1. The molecule has 0 aromatic carbocycles. The maximum absolute atomic E-state index is 5.93. The molecule has 0 fully saturated rings. The molecule has 0 spiro atoms. The molecule has 0 amide bonds. The number of nitrogens with zero attached hydrogens (tertiary/aromatic N) is 1. The van der Waals surface area contributed by atoms with Gasteiger partial charge in [0.2, 0.25) is 0 Å². The average molecular weight is 219 g/mol. The highest BCUT2D eigenvalue weighted by atomic mass is 35.5. The molecular formula is C9H12Cl2N2. The standard InChI is InChI=1S/C9H12Cl2N2/c1-2-7(12)4-9-8(11)3-6(10)5-13-9/h3,5,7H,2,4,12H2,1H3. The van der Waals surface area contributed by atoms with Crippen molar-refractivity contribution in [3.63, 3.8) is 0 Å². The van der Waals surface area contributed by atoms with Gasteiger partial charge in [0.1, 0.15) is 0 Å². The maximum Gasteiger partial charge on any atom is 0.0636 e. The summed E-state index contributed by atoms with van der Waals surface area (Å²) in [5.74, 6) is 0. The average Bonchev–Trinajstić information content (AvgIpc) is 2.09. The zero-order chi connectivity index (χ0) is 9.84. The number of pyridine rings is 1. The minimum Gasteiger partial charge on any atom is -0.327 e. The van der Waals surface area contributed by atoms with Gasteiger partial charge in [-0.3, -0.25) is 4.98 Å². The van der Waals surface area contributed by atoms with Crippen molar-refractivity contribution in [2.24, 2.45) is 5.73 Å². The van der Waals surface area contributed by atoms with E-state index in [1.165, 1.54) is 0 Å². The van der Waals surface area contributed by atoms with Crippen LogP contribution >= 0.6 is 23.2 Å². The van der Waals surface area contributed by atoms with Crippen molar-refractivity contribution in [1.82, 2.24) is 4.98 Å². The zero-order valence-electron chi connectivity index (χ0n) is 7.43. The Labute approximate surface area is 88.1 Å². The highest BCUT2D eigenvalue weighted by Gasteiger charge is 2.07. The molecule has 2 nitrogen and oxygen atoms in total. The van der Waals surface area contributed by atoms with Gasteiger partial charge in [0.25, 0.3) is 0 Å². The molecule has 13 heavy (non-hydrogen) atoms. The van der Waals surface area contributed by atoms with E-state index in [-0.39, 0.29) is 6.04 Å². The Kier molecular flexibility index (Phi) is 3.97. The quantitative estimate of drug-likeness (QED) is 0.848. The van der Waals surface area contributed by atoms with Crippen LogP contribution in [-0.2, 0) is 6.42 Å². The topological polar surface area (TPSA) is 38.9 Å². The molecule has 0 aliphatic rings. The zero-order valence-corrected chi connectivity index (χ0v) is 8.94. The SMILES string of the molecule is CCC(N)Cc1ncc(Cl)cc1Cl. The molecule has 4 heteroatoms. The van der Waals surface area contributed by atoms with E-state index in [9.17, 15) is 0 Å². The van der Waals surface area contributed by atoms with Crippen molar-refractivity contribution in [2.45, 2.75) is 25.8 Å². The van der Waals surface area contributed by atoms with Crippen molar-refractivity contribution in [2.75, 3.05) is 0 Å². The van der Waals surface area contributed by atoms with Crippen LogP contribution in [0.15, 0.2) is 12.3 Å². The molecule has 0 aliphatic heterocycles. The summed E-state index contributed by atoms with van der Waals surface area (Å²) in [6, 6.07) is 1.81. The van der Waals surface area contributed by atoms with Crippen molar-refractivity contribution >= 4 is 23.2 Å². The lowest BCUT2D eigenvalue weighted by Crippen LogP contribution is -2.22. The lowest BCUT2D eigenvalue weighted by molar-refractivity contribution is 0.637. The largest absolute Gasteiger partial charge is 0.327 e. The molecule has 0 aliphatic carbocycles. The van der Waals surface area contributed by atoms with E-state index in [0.29, 0.717) is 16.5 Å². The van der Waals surface area contributed by atoms with Crippen LogP contribution in [0.4, 0.5) is 0 Å². The van der Waals surface area contributed by atoms with Gasteiger partial charge in [0, 0.05) is 18.7 Å². The molecule has 0 saturated heterocycles. The monoisotopic (exact) mass is 218 g/mol. The van der Waals surface area contributed by atoms with Crippen LogP contribution in [0, 0.1) is 0 Å². The van der Waals surface area contributed by atoms with Gasteiger partial charge in [-0.25, -0.2) is 0 Å². The smallest absolute Gasteiger partial charge is 0.0636 e. The molecule has 2 N–H and O–H groups in total. The van der Waals surface area contributed by atoms with Gasteiger partial charge in [0.05, 0.1) is 15.7 Å². The normalized spacial score (nSPS) is 12.9.